The highest BCUT2D eigenvalue weighted by Crippen LogP contribution is 2.36. The fourth-order valence-electron chi connectivity index (χ4n) is 3.50. The summed E-state index contributed by atoms with van der Waals surface area (Å²) in [7, 11) is 1.38. The van der Waals surface area contributed by atoms with Crippen LogP contribution >= 0.6 is 11.3 Å². The average molecular weight is 398 g/mol. The molecule has 3 aromatic rings. The van der Waals surface area contributed by atoms with Crippen LogP contribution in [0.25, 0.3) is 10.2 Å². The van der Waals surface area contributed by atoms with Gasteiger partial charge in [0.2, 0.25) is 5.88 Å². The minimum absolute atomic E-state index is 0.198. The third-order valence-corrected chi connectivity index (χ3v) is 6.13. The minimum Gasteiger partial charge on any atom is -0.473 e. The number of aromatic nitrogens is 3. The largest absolute Gasteiger partial charge is 0.473 e. The highest BCUT2D eigenvalue weighted by molar-refractivity contribution is 7.20. The van der Waals surface area contributed by atoms with Gasteiger partial charge in [-0.15, -0.1) is 11.3 Å². The van der Waals surface area contributed by atoms with Gasteiger partial charge in [-0.2, -0.15) is 0 Å². The summed E-state index contributed by atoms with van der Waals surface area (Å²) < 4.78 is 11.1. The summed E-state index contributed by atoms with van der Waals surface area (Å²) in [6.07, 6.45) is 9.17. The van der Waals surface area contributed by atoms with Crippen molar-refractivity contribution in [3.05, 3.63) is 35.1 Å². The second-order valence-electron chi connectivity index (χ2n) is 6.81. The maximum absolute atomic E-state index is 12.0. The monoisotopic (exact) mass is 398 g/mol. The molecule has 0 aromatic carbocycles. The number of nitrogens with zero attached hydrogens (tertiary/aromatic N) is 3. The van der Waals surface area contributed by atoms with Gasteiger partial charge in [-0.1, -0.05) is 6.42 Å². The normalized spacial score (nSPS) is 14.8. The second kappa shape index (κ2) is 8.10. The van der Waals surface area contributed by atoms with E-state index in [1.165, 1.54) is 44.0 Å². The van der Waals surface area contributed by atoms with Gasteiger partial charge in [0.15, 0.2) is 0 Å². The van der Waals surface area contributed by atoms with Gasteiger partial charge in [0.05, 0.1) is 12.5 Å². The maximum Gasteiger partial charge on any atom is 0.348 e. The molecule has 0 radical (unpaired) electrons. The number of esters is 1. The van der Waals surface area contributed by atoms with Crippen molar-refractivity contribution >= 4 is 39.0 Å². The zero-order chi connectivity index (χ0) is 19.5. The molecule has 7 nitrogen and oxygen atoms in total. The molecular weight excluding hydrogens is 376 g/mol. The minimum atomic E-state index is -0.367. The van der Waals surface area contributed by atoms with Crippen molar-refractivity contribution in [2.45, 2.75) is 45.1 Å². The molecule has 0 aliphatic heterocycles. The number of aryl methyl sites for hydroxylation is 1. The summed E-state index contributed by atoms with van der Waals surface area (Å²) in [5.41, 5.74) is 1.55. The number of ether oxygens (including phenoxy) is 2. The number of carbonyl (C=O) groups is 1. The van der Waals surface area contributed by atoms with Gasteiger partial charge in [0.1, 0.15) is 33.6 Å². The number of methoxy groups -OCH3 is 1. The molecule has 28 heavy (non-hydrogen) atoms. The lowest BCUT2D eigenvalue weighted by Crippen LogP contribution is -2.20. The summed E-state index contributed by atoms with van der Waals surface area (Å²) >= 11 is 1.30. The molecule has 1 N–H and O–H groups in total. The molecule has 1 aliphatic rings. The molecule has 0 saturated heterocycles. The number of hydrogen-bond donors (Lipinski definition) is 1. The average Bonchev–Trinajstić information content (AvgIpc) is 3.07. The maximum atomic E-state index is 12.0. The lowest BCUT2D eigenvalue weighted by atomic mass is 9.98. The van der Waals surface area contributed by atoms with Crippen LogP contribution < -0.4 is 10.1 Å². The molecule has 3 aromatic heterocycles. The summed E-state index contributed by atoms with van der Waals surface area (Å²) in [6, 6.07) is 3.77. The van der Waals surface area contributed by atoms with E-state index in [4.69, 9.17) is 9.47 Å². The second-order valence-corrected chi connectivity index (χ2v) is 7.81. The van der Waals surface area contributed by atoms with Crippen LogP contribution in [-0.4, -0.2) is 34.1 Å². The van der Waals surface area contributed by atoms with Crippen LogP contribution in [-0.2, 0) is 4.74 Å². The van der Waals surface area contributed by atoms with Crippen LogP contribution in [0.5, 0.6) is 5.88 Å². The zero-order valence-corrected chi connectivity index (χ0v) is 16.7. The first-order valence-corrected chi connectivity index (χ1v) is 10.2. The Morgan fingerprint density at radius 2 is 2.04 bits per heavy atom. The fraction of sp³-hybridized carbons (Fsp3) is 0.400. The number of nitrogens with one attached hydrogen (secondary N) is 1. The number of rotatable bonds is 5. The first-order valence-electron chi connectivity index (χ1n) is 9.38. The Morgan fingerprint density at radius 1 is 1.21 bits per heavy atom. The number of hydrogen-bond acceptors (Lipinski definition) is 8. The Bertz CT molecular complexity index is 998. The van der Waals surface area contributed by atoms with Gasteiger partial charge in [-0.25, -0.2) is 19.7 Å². The van der Waals surface area contributed by atoms with Gasteiger partial charge < -0.3 is 14.8 Å². The van der Waals surface area contributed by atoms with E-state index in [-0.39, 0.29) is 12.1 Å². The zero-order valence-electron chi connectivity index (χ0n) is 15.9. The summed E-state index contributed by atoms with van der Waals surface area (Å²) in [5.74, 6) is 0.826. The highest BCUT2D eigenvalue weighted by Gasteiger charge is 2.21. The van der Waals surface area contributed by atoms with E-state index in [0.717, 1.165) is 34.3 Å². The van der Waals surface area contributed by atoms with Crippen molar-refractivity contribution in [3.63, 3.8) is 0 Å². The molecular formula is C20H22N4O3S. The summed E-state index contributed by atoms with van der Waals surface area (Å²) in [5, 5.41) is 4.14. The third kappa shape index (κ3) is 3.64. The van der Waals surface area contributed by atoms with Gasteiger partial charge in [0, 0.05) is 6.20 Å². The smallest absolute Gasteiger partial charge is 0.348 e. The van der Waals surface area contributed by atoms with Crippen LogP contribution in [0.3, 0.4) is 0 Å². The number of pyridine rings is 1. The van der Waals surface area contributed by atoms with E-state index >= 15 is 0 Å². The molecule has 1 aliphatic carbocycles. The van der Waals surface area contributed by atoms with Gasteiger partial charge in [-0.05, 0) is 50.3 Å². The van der Waals surface area contributed by atoms with Gasteiger partial charge in [0.25, 0.3) is 0 Å². The van der Waals surface area contributed by atoms with Crippen molar-refractivity contribution in [2.24, 2.45) is 0 Å². The Kier molecular flexibility index (Phi) is 5.38. The fourth-order valence-corrected chi connectivity index (χ4v) is 4.57. The van der Waals surface area contributed by atoms with E-state index in [2.05, 4.69) is 20.3 Å². The highest BCUT2D eigenvalue weighted by atomic mass is 32.1. The van der Waals surface area contributed by atoms with E-state index in [9.17, 15) is 4.79 Å². The molecule has 0 unspecified atom stereocenters. The Balaban J connectivity index is 1.67. The molecule has 4 rings (SSSR count). The predicted molar refractivity (Wildman–Crippen MR) is 109 cm³/mol. The first kappa shape index (κ1) is 18.6. The number of anilines is 2. The molecule has 0 atom stereocenters. The number of carbonyl (C=O) groups excluding carboxylic acids is 1. The van der Waals surface area contributed by atoms with Gasteiger partial charge >= 0.3 is 5.97 Å². The van der Waals surface area contributed by atoms with Crippen LogP contribution in [0, 0.1) is 6.92 Å². The van der Waals surface area contributed by atoms with Crippen LogP contribution in [0.2, 0.25) is 0 Å². The van der Waals surface area contributed by atoms with E-state index in [1.807, 2.05) is 19.1 Å². The summed E-state index contributed by atoms with van der Waals surface area (Å²) in [6.45, 7) is 1.88. The van der Waals surface area contributed by atoms with Crippen molar-refractivity contribution < 1.29 is 14.3 Å². The quantitative estimate of drug-likeness (QED) is 0.627. The molecule has 146 valence electrons. The lowest BCUT2D eigenvalue weighted by molar-refractivity contribution is 0.0605. The van der Waals surface area contributed by atoms with Gasteiger partial charge in [-0.3, -0.25) is 0 Å². The molecule has 0 bridgehead atoms. The van der Waals surface area contributed by atoms with E-state index < -0.39 is 0 Å². The van der Waals surface area contributed by atoms with Crippen molar-refractivity contribution in [3.8, 4) is 5.88 Å². The van der Waals surface area contributed by atoms with Crippen LogP contribution in [0.4, 0.5) is 11.5 Å². The van der Waals surface area contributed by atoms with Crippen LogP contribution in [0.15, 0.2) is 24.7 Å². The molecule has 0 amide bonds. The molecule has 1 saturated carbocycles. The third-order valence-electron chi connectivity index (χ3n) is 4.95. The Hall–Kier alpha value is -2.74. The topological polar surface area (TPSA) is 86.2 Å². The SMILES string of the molecule is COC(=O)c1sc2ncnc(Nc3cccnc3OC3CCCCC3)c2c1C. The van der Waals surface area contributed by atoms with Crippen molar-refractivity contribution in [2.75, 3.05) is 12.4 Å². The molecule has 8 heteroatoms. The Morgan fingerprint density at radius 3 is 2.82 bits per heavy atom. The molecule has 3 heterocycles. The van der Waals surface area contributed by atoms with Crippen molar-refractivity contribution in [1.82, 2.24) is 15.0 Å². The predicted octanol–water partition coefficient (Wildman–Crippen LogP) is 4.64. The van der Waals surface area contributed by atoms with Crippen LogP contribution in [0.1, 0.15) is 47.3 Å². The first-order chi connectivity index (χ1) is 13.7. The lowest BCUT2D eigenvalue weighted by Gasteiger charge is -2.23. The Labute approximate surface area is 167 Å². The van der Waals surface area contributed by atoms with Crippen molar-refractivity contribution in [1.29, 1.82) is 0 Å². The van der Waals surface area contributed by atoms with E-state index in [1.54, 1.807) is 6.20 Å². The molecule has 1 fully saturated rings. The molecule has 0 spiro atoms. The number of thiophene rings is 1. The number of fused-ring (bicyclic) bond motifs is 1. The van der Waals surface area contributed by atoms with E-state index in [0.29, 0.717) is 16.6 Å². The standard InChI is InChI=1S/C20H22N4O3S/c1-12-15-17(22-11-23-19(15)28-16(12)20(25)26-2)24-14-9-6-10-21-18(14)27-13-7-4-3-5-8-13/h6,9-11,13H,3-5,7-8H2,1-2H3,(H,22,23,24). The summed E-state index contributed by atoms with van der Waals surface area (Å²) in [4.78, 5) is 26.4.